The van der Waals surface area contributed by atoms with Crippen molar-refractivity contribution < 1.29 is 4.39 Å². The Bertz CT molecular complexity index is 1180. The molecule has 0 bridgehead atoms. The van der Waals surface area contributed by atoms with Gasteiger partial charge in [0, 0.05) is 55.7 Å². The second-order valence-electron chi connectivity index (χ2n) is 8.01. The van der Waals surface area contributed by atoms with E-state index in [0.717, 1.165) is 48.7 Å². The number of aromatic nitrogens is 6. The Morgan fingerprint density at radius 1 is 1.13 bits per heavy atom. The van der Waals surface area contributed by atoms with E-state index < -0.39 is 0 Å². The van der Waals surface area contributed by atoms with E-state index in [2.05, 4.69) is 31.5 Å². The minimum absolute atomic E-state index is 0.260. The normalized spacial score (nSPS) is 16.8. The van der Waals surface area contributed by atoms with E-state index >= 15 is 0 Å². The number of rotatable bonds is 5. The molecule has 158 valence electrons. The van der Waals surface area contributed by atoms with Crippen LogP contribution in [0.1, 0.15) is 23.7 Å². The fourth-order valence-corrected chi connectivity index (χ4v) is 4.26. The Morgan fingerprint density at radius 2 is 1.97 bits per heavy atom. The van der Waals surface area contributed by atoms with Crippen molar-refractivity contribution in [1.29, 1.82) is 0 Å². The molecule has 0 saturated carbocycles. The number of halogens is 1. The first kappa shape index (κ1) is 19.6. The molecule has 3 aromatic heterocycles. The van der Waals surface area contributed by atoms with E-state index in [0.29, 0.717) is 0 Å². The third-order valence-electron chi connectivity index (χ3n) is 6.11. The van der Waals surface area contributed by atoms with Gasteiger partial charge in [0.2, 0.25) is 0 Å². The van der Waals surface area contributed by atoms with Gasteiger partial charge in [0.25, 0.3) is 0 Å². The van der Waals surface area contributed by atoms with Crippen LogP contribution in [0.15, 0.2) is 55.4 Å². The SMILES string of the molecule is Cc1c(CN2CCC(n3cnc(-c4ccc(F)cc4)c3-c3ccncn3)C2)cnn1C. The average Bonchev–Trinajstić information content (AvgIpc) is 3.50. The van der Waals surface area contributed by atoms with Gasteiger partial charge in [0.1, 0.15) is 12.1 Å². The van der Waals surface area contributed by atoms with Gasteiger partial charge >= 0.3 is 0 Å². The fraction of sp³-hybridized carbons (Fsp3) is 0.304. The maximum Gasteiger partial charge on any atom is 0.123 e. The van der Waals surface area contributed by atoms with Gasteiger partial charge < -0.3 is 4.57 Å². The van der Waals surface area contributed by atoms with Gasteiger partial charge in [0.15, 0.2) is 0 Å². The Morgan fingerprint density at radius 3 is 2.68 bits per heavy atom. The Hall–Kier alpha value is -3.39. The molecule has 1 saturated heterocycles. The molecule has 1 aromatic carbocycles. The van der Waals surface area contributed by atoms with Crippen molar-refractivity contribution in [1.82, 2.24) is 34.2 Å². The third kappa shape index (κ3) is 3.74. The highest BCUT2D eigenvalue weighted by Crippen LogP contribution is 2.35. The fourth-order valence-electron chi connectivity index (χ4n) is 4.26. The lowest BCUT2D eigenvalue weighted by Crippen LogP contribution is -2.21. The highest BCUT2D eigenvalue weighted by molar-refractivity contribution is 5.76. The summed E-state index contributed by atoms with van der Waals surface area (Å²) in [7, 11) is 1.97. The molecule has 1 aliphatic heterocycles. The molecule has 0 radical (unpaired) electrons. The molecule has 0 amide bonds. The number of likely N-dealkylation sites (tertiary alicyclic amines) is 1. The highest BCUT2D eigenvalue weighted by Gasteiger charge is 2.28. The monoisotopic (exact) mass is 417 g/mol. The molecule has 1 unspecified atom stereocenters. The zero-order valence-corrected chi connectivity index (χ0v) is 17.6. The summed E-state index contributed by atoms with van der Waals surface area (Å²) >= 11 is 0. The quantitative estimate of drug-likeness (QED) is 0.496. The summed E-state index contributed by atoms with van der Waals surface area (Å²) in [5, 5.41) is 4.37. The average molecular weight is 417 g/mol. The van der Waals surface area contributed by atoms with Crippen LogP contribution in [0.3, 0.4) is 0 Å². The van der Waals surface area contributed by atoms with Crippen LogP contribution in [0, 0.1) is 12.7 Å². The van der Waals surface area contributed by atoms with Crippen molar-refractivity contribution in [2.75, 3.05) is 13.1 Å². The molecule has 1 aliphatic rings. The standard InChI is InChI=1S/C23H24FN7/c1-16-18(11-28-29(16)2)12-30-10-8-20(13-30)31-15-27-22(17-3-5-19(24)6-4-17)23(31)21-7-9-25-14-26-21/h3-7,9,11,14-15,20H,8,10,12-13H2,1-2H3. The Kier molecular flexibility index (Phi) is 5.07. The van der Waals surface area contributed by atoms with Gasteiger partial charge in [-0.1, -0.05) is 0 Å². The van der Waals surface area contributed by atoms with E-state index in [9.17, 15) is 4.39 Å². The van der Waals surface area contributed by atoms with Gasteiger partial charge in [-0.2, -0.15) is 5.10 Å². The van der Waals surface area contributed by atoms with Crippen LogP contribution in [0.4, 0.5) is 4.39 Å². The molecule has 4 aromatic rings. The molecule has 0 N–H and O–H groups in total. The van der Waals surface area contributed by atoms with Crippen molar-refractivity contribution in [2.45, 2.75) is 25.9 Å². The van der Waals surface area contributed by atoms with Gasteiger partial charge in [-0.3, -0.25) is 9.58 Å². The number of hydrogen-bond acceptors (Lipinski definition) is 5. The van der Waals surface area contributed by atoms with Crippen LogP contribution < -0.4 is 0 Å². The number of aryl methyl sites for hydroxylation is 1. The van der Waals surface area contributed by atoms with Crippen LogP contribution in [-0.2, 0) is 13.6 Å². The number of nitrogens with zero attached hydrogens (tertiary/aromatic N) is 7. The summed E-state index contributed by atoms with van der Waals surface area (Å²) < 4.78 is 17.6. The zero-order valence-electron chi connectivity index (χ0n) is 17.6. The molecule has 7 nitrogen and oxygen atoms in total. The lowest BCUT2D eigenvalue weighted by molar-refractivity contribution is 0.316. The minimum Gasteiger partial charge on any atom is -0.324 e. The molecule has 0 spiro atoms. The molecular weight excluding hydrogens is 393 g/mol. The summed E-state index contributed by atoms with van der Waals surface area (Å²) in [6.07, 6.45) is 8.16. The topological polar surface area (TPSA) is 64.7 Å². The second kappa shape index (κ2) is 8.03. The smallest absolute Gasteiger partial charge is 0.123 e. The van der Waals surface area contributed by atoms with E-state index in [-0.39, 0.29) is 11.9 Å². The largest absolute Gasteiger partial charge is 0.324 e. The minimum atomic E-state index is -0.260. The highest BCUT2D eigenvalue weighted by atomic mass is 19.1. The second-order valence-corrected chi connectivity index (χ2v) is 8.01. The maximum atomic E-state index is 13.5. The molecular formula is C23H24FN7. The van der Waals surface area contributed by atoms with E-state index in [1.165, 1.54) is 23.4 Å². The van der Waals surface area contributed by atoms with Gasteiger partial charge in [-0.05, 0) is 43.7 Å². The first-order valence-corrected chi connectivity index (χ1v) is 10.4. The van der Waals surface area contributed by atoms with Gasteiger partial charge in [-0.25, -0.2) is 19.3 Å². The van der Waals surface area contributed by atoms with E-state index in [1.54, 1.807) is 24.7 Å². The maximum absolute atomic E-state index is 13.5. The lowest BCUT2D eigenvalue weighted by Gasteiger charge is -2.18. The summed E-state index contributed by atoms with van der Waals surface area (Å²) in [5.41, 5.74) is 5.89. The van der Waals surface area contributed by atoms with Crippen molar-refractivity contribution in [3.63, 3.8) is 0 Å². The van der Waals surface area contributed by atoms with E-state index in [1.807, 2.05) is 30.3 Å². The first-order chi connectivity index (χ1) is 15.1. The number of imidazole rings is 1. The van der Waals surface area contributed by atoms with Crippen LogP contribution in [0.5, 0.6) is 0 Å². The number of hydrogen-bond donors (Lipinski definition) is 0. The van der Waals surface area contributed by atoms with Gasteiger partial charge in [0.05, 0.1) is 29.6 Å². The molecule has 1 fully saturated rings. The summed E-state index contributed by atoms with van der Waals surface area (Å²) in [6, 6.07) is 8.63. The summed E-state index contributed by atoms with van der Waals surface area (Å²) in [5.74, 6) is -0.260. The zero-order chi connectivity index (χ0) is 21.4. The first-order valence-electron chi connectivity index (χ1n) is 10.4. The van der Waals surface area contributed by atoms with Crippen molar-refractivity contribution >= 4 is 0 Å². The molecule has 4 heterocycles. The predicted octanol–water partition coefficient (Wildman–Crippen LogP) is 3.64. The molecule has 1 atom stereocenters. The van der Waals surface area contributed by atoms with Crippen molar-refractivity contribution in [2.24, 2.45) is 7.05 Å². The molecule has 0 aliphatic carbocycles. The Labute approximate surface area is 180 Å². The molecule has 5 rings (SSSR count). The number of benzene rings is 1. The van der Waals surface area contributed by atoms with Crippen LogP contribution in [0.2, 0.25) is 0 Å². The van der Waals surface area contributed by atoms with Crippen LogP contribution in [-0.4, -0.2) is 47.3 Å². The van der Waals surface area contributed by atoms with Crippen molar-refractivity contribution in [3.05, 3.63) is 72.5 Å². The summed E-state index contributed by atoms with van der Waals surface area (Å²) in [6.45, 7) is 4.92. The van der Waals surface area contributed by atoms with Crippen molar-refractivity contribution in [3.8, 4) is 22.6 Å². The van der Waals surface area contributed by atoms with Gasteiger partial charge in [-0.15, -0.1) is 0 Å². The van der Waals surface area contributed by atoms with Crippen LogP contribution in [0.25, 0.3) is 22.6 Å². The van der Waals surface area contributed by atoms with E-state index in [4.69, 9.17) is 4.98 Å². The molecule has 8 heteroatoms. The Balaban J connectivity index is 1.47. The third-order valence-corrected chi connectivity index (χ3v) is 6.11. The predicted molar refractivity (Wildman–Crippen MR) is 116 cm³/mol. The molecule has 31 heavy (non-hydrogen) atoms. The lowest BCUT2D eigenvalue weighted by atomic mass is 10.1. The summed E-state index contributed by atoms with van der Waals surface area (Å²) in [4.78, 5) is 15.7. The van der Waals surface area contributed by atoms with Crippen LogP contribution >= 0.6 is 0 Å².